The van der Waals surface area contributed by atoms with Gasteiger partial charge in [-0.15, -0.1) is 11.3 Å². The number of aromatic nitrogens is 1. The van der Waals surface area contributed by atoms with Crippen LogP contribution in [0.3, 0.4) is 0 Å². The summed E-state index contributed by atoms with van der Waals surface area (Å²) in [6.07, 6.45) is 0. The molecule has 0 saturated heterocycles. The van der Waals surface area contributed by atoms with Gasteiger partial charge in [0.15, 0.2) is 0 Å². The van der Waals surface area contributed by atoms with Crippen LogP contribution < -0.4 is 5.73 Å². The molecule has 2 rings (SSSR count). The Morgan fingerprint density at radius 1 is 1.28 bits per heavy atom. The van der Waals surface area contributed by atoms with Crippen LogP contribution in [0.5, 0.6) is 0 Å². The molecule has 0 fully saturated rings. The molecule has 0 unspecified atom stereocenters. The second-order valence-electron chi connectivity index (χ2n) is 4.72. The molecule has 1 heterocycles. The van der Waals surface area contributed by atoms with E-state index < -0.39 is 0 Å². The first-order valence-corrected chi connectivity index (χ1v) is 6.86. The van der Waals surface area contributed by atoms with E-state index in [1.807, 2.05) is 12.4 Å². The molecule has 0 aliphatic carbocycles. The Bertz CT molecular complexity index is 534. The van der Waals surface area contributed by atoms with Gasteiger partial charge in [0.25, 0.3) is 0 Å². The first-order valence-electron chi connectivity index (χ1n) is 5.99. The molecule has 4 heteroatoms. The molecule has 18 heavy (non-hydrogen) atoms. The van der Waals surface area contributed by atoms with Crippen LogP contribution in [0.15, 0.2) is 23.7 Å². The Kier molecular flexibility index (Phi) is 3.99. The first-order chi connectivity index (χ1) is 8.56. The summed E-state index contributed by atoms with van der Waals surface area (Å²) in [6.45, 7) is 5.93. The summed E-state index contributed by atoms with van der Waals surface area (Å²) in [5, 5.41) is 0. The number of hydrogen-bond donors (Lipinski definition) is 1. The fourth-order valence-corrected chi connectivity index (χ4v) is 2.74. The number of nitrogen functional groups attached to an aromatic ring is 1. The van der Waals surface area contributed by atoms with Crippen LogP contribution in [0, 0.1) is 13.8 Å². The van der Waals surface area contributed by atoms with Crippen molar-refractivity contribution >= 4 is 17.0 Å². The van der Waals surface area contributed by atoms with Crippen molar-refractivity contribution in [3.8, 4) is 0 Å². The van der Waals surface area contributed by atoms with Crippen molar-refractivity contribution < 1.29 is 0 Å². The summed E-state index contributed by atoms with van der Waals surface area (Å²) in [5.74, 6) is 0. The molecule has 1 aromatic heterocycles. The fraction of sp³-hybridized carbons (Fsp3) is 0.357. The lowest BCUT2D eigenvalue weighted by molar-refractivity contribution is 0.321. The second kappa shape index (κ2) is 5.50. The van der Waals surface area contributed by atoms with E-state index >= 15 is 0 Å². The van der Waals surface area contributed by atoms with Crippen LogP contribution in [0.2, 0.25) is 0 Å². The molecule has 0 bridgehead atoms. The Morgan fingerprint density at radius 3 is 2.67 bits per heavy atom. The van der Waals surface area contributed by atoms with Gasteiger partial charge < -0.3 is 5.73 Å². The van der Waals surface area contributed by atoms with Gasteiger partial charge >= 0.3 is 0 Å². The van der Waals surface area contributed by atoms with E-state index in [4.69, 9.17) is 5.73 Å². The van der Waals surface area contributed by atoms with Crippen molar-refractivity contribution in [2.24, 2.45) is 0 Å². The van der Waals surface area contributed by atoms with Crippen molar-refractivity contribution in [2.75, 3.05) is 12.8 Å². The molecule has 0 saturated carbocycles. The van der Waals surface area contributed by atoms with E-state index in [1.54, 1.807) is 11.3 Å². The maximum Gasteiger partial charge on any atom is 0.0798 e. The number of nitrogens with zero attached hydrogens (tertiary/aromatic N) is 2. The van der Waals surface area contributed by atoms with Crippen LogP contribution in [-0.4, -0.2) is 16.9 Å². The number of benzene rings is 1. The van der Waals surface area contributed by atoms with Gasteiger partial charge in [-0.1, -0.05) is 12.1 Å². The van der Waals surface area contributed by atoms with Gasteiger partial charge in [-0.2, -0.15) is 0 Å². The third-order valence-electron chi connectivity index (χ3n) is 3.05. The van der Waals surface area contributed by atoms with Crippen LogP contribution in [-0.2, 0) is 13.1 Å². The predicted molar refractivity (Wildman–Crippen MR) is 77.6 cm³/mol. The third-order valence-corrected chi connectivity index (χ3v) is 3.97. The monoisotopic (exact) mass is 261 g/mol. The van der Waals surface area contributed by atoms with Crippen molar-refractivity contribution in [3.63, 3.8) is 0 Å². The molecule has 3 nitrogen and oxygen atoms in total. The Labute approximate surface area is 112 Å². The quantitative estimate of drug-likeness (QED) is 0.860. The van der Waals surface area contributed by atoms with Gasteiger partial charge in [0.2, 0.25) is 0 Å². The largest absolute Gasteiger partial charge is 0.399 e. The fourth-order valence-electron chi connectivity index (χ4n) is 1.88. The highest BCUT2D eigenvalue weighted by Gasteiger charge is 2.07. The maximum atomic E-state index is 5.93. The first kappa shape index (κ1) is 13.1. The van der Waals surface area contributed by atoms with Gasteiger partial charge in [-0.25, -0.2) is 4.98 Å². The van der Waals surface area contributed by atoms with Crippen molar-refractivity contribution in [3.05, 3.63) is 45.4 Å². The average molecular weight is 261 g/mol. The highest BCUT2D eigenvalue weighted by Crippen LogP contribution is 2.17. The van der Waals surface area contributed by atoms with Crippen molar-refractivity contribution in [1.29, 1.82) is 0 Å². The van der Waals surface area contributed by atoms with E-state index in [0.29, 0.717) is 0 Å². The van der Waals surface area contributed by atoms with Crippen LogP contribution in [0.1, 0.15) is 21.7 Å². The van der Waals surface area contributed by atoms with Gasteiger partial charge in [0.05, 0.1) is 11.2 Å². The smallest absolute Gasteiger partial charge is 0.0798 e. The molecule has 96 valence electrons. The highest BCUT2D eigenvalue weighted by atomic mass is 32.1. The Balaban J connectivity index is 2.01. The molecule has 2 N–H and O–H groups in total. The predicted octanol–water partition coefficient (Wildman–Crippen LogP) is 2.97. The molecule has 0 amide bonds. The molecule has 0 aliphatic heterocycles. The molecule has 0 spiro atoms. The van der Waals surface area contributed by atoms with Gasteiger partial charge in [0, 0.05) is 23.7 Å². The Hall–Kier alpha value is -1.39. The summed E-state index contributed by atoms with van der Waals surface area (Å²) < 4.78 is 0. The lowest BCUT2D eigenvalue weighted by Crippen LogP contribution is -2.17. The van der Waals surface area contributed by atoms with Crippen LogP contribution >= 0.6 is 11.3 Å². The van der Waals surface area contributed by atoms with E-state index in [-0.39, 0.29) is 0 Å². The minimum atomic E-state index is 0.870. The zero-order chi connectivity index (χ0) is 13.1. The van der Waals surface area contributed by atoms with Crippen LogP contribution in [0.25, 0.3) is 0 Å². The Morgan fingerprint density at radius 2 is 2.06 bits per heavy atom. The van der Waals surface area contributed by atoms with Gasteiger partial charge in [-0.3, -0.25) is 4.90 Å². The number of rotatable bonds is 4. The molecular formula is C14H19N3S. The minimum absolute atomic E-state index is 0.870. The normalized spacial score (nSPS) is 11.1. The lowest BCUT2D eigenvalue weighted by atomic mass is 10.1. The topological polar surface area (TPSA) is 42.2 Å². The number of nitrogens with two attached hydrogens (primary N) is 1. The molecule has 1 aromatic carbocycles. The van der Waals surface area contributed by atoms with E-state index in [9.17, 15) is 0 Å². The second-order valence-corrected chi connectivity index (χ2v) is 5.66. The third kappa shape index (κ3) is 3.09. The highest BCUT2D eigenvalue weighted by molar-refractivity contribution is 7.09. The SMILES string of the molecule is Cc1ccc(CN(C)Cc2scnc2C)cc1N. The average Bonchev–Trinajstić information content (AvgIpc) is 2.70. The summed E-state index contributed by atoms with van der Waals surface area (Å²) in [7, 11) is 2.12. The van der Waals surface area contributed by atoms with Crippen molar-refractivity contribution in [2.45, 2.75) is 26.9 Å². The van der Waals surface area contributed by atoms with Gasteiger partial charge in [-0.05, 0) is 38.1 Å². The van der Waals surface area contributed by atoms with E-state index in [2.05, 4.69) is 42.1 Å². The summed E-state index contributed by atoms with van der Waals surface area (Å²) in [4.78, 5) is 7.89. The summed E-state index contributed by atoms with van der Waals surface area (Å²) >= 11 is 1.72. The van der Waals surface area contributed by atoms with Crippen molar-refractivity contribution in [1.82, 2.24) is 9.88 Å². The molecule has 0 atom stereocenters. The summed E-state index contributed by atoms with van der Waals surface area (Å²) in [6, 6.07) is 6.28. The minimum Gasteiger partial charge on any atom is -0.399 e. The molecular weight excluding hydrogens is 242 g/mol. The molecule has 0 radical (unpaired) electrons. The maximum absolute atomic E-state index is 5.93. The molecule has 2 aromatic rings. The number of anilines is 1. The molecule has 0 aliphatic rings. The number of thiazole rings is 1. The van der Waals surface area contributed by atoms with E-state index in [0.717, 1.165) is 30.0 Å². The van der Waals surface area contributed by atoms with Gasteiger partial charge in [0.1, 0.15) is 0 Å². The number of hydrogen-bond acceptors (Lipinski definition) is 4. The zero-order valence-electron chi connectivity index (χ0n) is 11.1. The van der Waals surface area contributed by atoms with Crippen LogP contribution in [0.4, 0.5) is 5.69 Å². The summed E-state index contributed by atoms with van der Waals surface area (Å²) in [5.41, 5.74) is 12.2. The standard InChI is InChI=1S/C14H19N3S/c1-10-4-5-12(6-13(10)15)7-17(3)8-14-11(2)16-9-18-14/h4-6,9H,7-8,15H2,1-3H3. The number of aryl methyl sites for hydroxylation is 2. The van der Waals surface area contributed by atoms with E-state index in [1.165, 1.54) is 10.4 Å². The zero-order valence-corrected chi connectivity index (χ0v) is 11.9. The lowest BCUT2D eigenvalue weighted by Gasteiger charge is -2.16.